The molecule has 0 aliphatic heterocycles. The summed E-state index contributed by atoms with van der Waals surface area (Å²) in [6.45, 7) is 5.14. The van der Waals surface area contributed by atoms with Crippen molar-refractivity contribution in [1.82, 2.24) is 10.6 Å². The van der Waals surface area contributed by atoms with Gasteiger partial charge >= 0.3 is 0 Å². The van der Waals surface area contributed by atoms with Crippen molar-refractivity contribution in [2.45, 2.75) is 51.6 Å². The van der Waals surface area contributed by atoms with Gasteiger partial charge in [0.25, 0.3) is 0 Å². The number of aryl methyl sites for hydroxylation is 1. The Hall–Kier alpha value is -0.800. The molecule has 0 aromatic carbocycles. The molecule has 1 aliphatic rings. The molecule has 0 radical (unpaired) electrons. The average molecular weight is 236 g/mol. The average Bonchev–Trinajstić information content (AvgIpc) is 3.05. The van der Waals surface area contributed by atoms with Crippen LogP contribution >= 0.6 is 0 Å². The Morgan fingerprint density at radius 1 is 1.35 bits per heavy atom. The van der Waals surface area contributed by atoms with Crippen LogP contribution in [0, 0.1) is 0 Å². The van der Waals surface area contributed by atoms with Crippen LogP contribution in [0.1, 0.15) is 43.9 Å². The summed E-state index contributed by atoms with van der Waals surface area (Å²) in [5, 5.41) is 6.86. The van der Waals surface area contributed by atoms with Crippen LogP contribution in [0.4, 0.5) is 0 Å². The second kappa shape index (κ2) is 6.82. The minimum Gasteiger partial charge on any atom is -0.468 e. The topological polar surface area (TPSA) is 37.2 Å². The molecule has 3 nitrogen and oxygen atoms in total. The quantitative estimate of drug-likeness (QED) is 0.647. The summed E-state index contributed by atoms with van der Waals surface area (Å²) in [6, 6.07) is 2.95. The zero-order valence-corrected chi connectivity index (χ0v) is 10.8. The highest BCUT2D eigenvalue weighted by atomic mass is 16.3. The van der Waals surface area contributed by atoms with Crippen LogP contribution in [0.3, 0.4) is 0 Å². The van der Waals surface area contributed by atoms with Gasteiger partial charge in [0, 0.05) is 6.04 Å². The van der Waals surface area contributed by atoms with E-state index >= 15 is 0 Å². The van der Waals surface area contributed by atoms with Crippen LogP contribution in [0.5, 0.6) is 0 Å². The molecule has 0 spiro atoms. The molecule has 17 heavy (non-hydrogen) atoms. The van der Waals surface area contributed by atoms with Crippen molar-refractivity contribution in [2.75, 3.05) is 13.1 Å². The summed E-state index contributed by atoms with van der Waals surface area (Å²) < 4.78 is 5.49. The lowest BCUT2D eigenvalue weighted by Gasteiger charge is -2.04. The van der Waals surface area contributed by atoms with E-state index in [0.29, 0.717) is 0 Å². The largest absolute Gasteiger partial charge is 0.468 e. The summed E-state index contributed by atoms with van der Waals surface area (Å²) >= 11 is 0. The molecule has 0 saturated heterocycles. The van der Waals surface area contributed by atoms with Gasteiger partial charge in [-0.1, -0.05) is 6.92 Å². The minimum atomic E-state index is 0.841. The van der Waals surface area contributed by atoms with Gasteiger partial charge in [0.2, 0.25) is 0 Å². The van der Waals surface area contributed by atoms with Gasteiger partial charge in [0.15, 0.2) is 0 Å². The molecule has 0 amide bonds. The fourth-order valence-electron chi connectivity index (χ4n) is 2.02. The van der Waals surface area contributed by atoms with E-state index in [-0.39, 0.29) is 0 Å². The summed E-state index contributed by atoms with van der Waals surface area (Å²) in [4.78, 5) is 0. The van der Waals surface area contributed by atoms with Gasteiger partial charge in [-0.3, -0.25) is 0 Å². The number of hydrogen-bond donors (Lipinski definition) is 2. The normalized spacial score (nSPS) is 15.4. The van der Waals surface area contributed by atoms with Gasteiger partial charge in [-0.2, -0.15) is 0 Å². The monoisotopic (exact) mass is 236 g/mol. The highest BCUT2D eigenvalue weighted by Crippen LogP contribution is 2.18. The second-order valence-corrected chi connectivity index (χ2v) is 4.83. The molecular formula is C14H24N2O. The first kappa shape index (κ1) is 12.7. The molecule has 1 fully saturated rings. The third kappa shape index (κ3) is 4.52. The molecule has 1 heterocycles. The van der Waals surface area contributed by atoms with Crippen molar-refractivity contribution in [2.24, 2.45) is 0 Å². The zero-order chi connectivity index (χ0) is 11.9. The van der Waals surface area contributed by atoms with Crippen molar-refractivity contribution in [3.63, 3.8) is 0 Å². The molecule has 0 atom stereocenters. The molecule has 1 aromatic heterocycles. The third-order valence-corrected chi connectivity index (χ3v) is 3.26. The van der Waals surface area contributed by atoms with Crippen molar-refractivity contribution in [1.29, 1.82) is 0 Å². The lowest BCUT2D eigenvalue weighted by atomic mass is 10.1. The first-order valence-corrected chi connectivity index (χ1v) is 6.89. The maximum Gasteiger partial charge on any atom is 0.120 e. The molecule has 1 saturated carbocycles. The molecule has 2 N–H and O–H groups in total. The van der Waals surface area contributed by atoms with Crippen molar-refractivity contribution >= 4 is 0 Å². The Labute approximate surface area is 104 Å². The van der Waals surface area contributed by atoms with Crippen LogP contribution < -0.4 is 10.6 Å². The summed E-state index contributed by atoms with van der Waals surface area (Å²) in [6.07, 6.45) is 8.23. The fourth-order valence-corrected chi connectivity index (χ4v) is 2.02. The molecule has 2 rings (SSSR count). The molecule has 1 aromatic rings. The van der Waals surface area contributed by atoms with E-state index in [1.165, 1.54) is 37.8 Å². The van der Waals surface area contributed by atoms with Crippen LogP contribution in [-0.2, 0) is 13.0 Å². The summed E-state index contributed by atoms with van der Waals surface area (Å²) in [5.74, 6) is 1.11. The summed E-state index contributed by atoms with van der Waals surface area (Å²) in [5.41, 5.74) is 1.37. The molecule has 0 unspecified atom stereocenters. The van der Waals surface area contributed by atoms with Gasteiger partial charge < -0.3 is 15.1 Å². The van der Waals surface area contributed by atoms with E-state index in [1.807, 2.05) is 6.26 Å². The number of unbranched alkanes of at least 4 members (excludes halogenated alkanes) is 1. The van der Waals surface area contributed by atoms with Crippen LogP contribution in [0.25, 0.3) is 0 Å². The van der Waals surface area contributed by atoms with Gasteiger partial charge in [0.1, 0.15) is 5.76 Å². The van der Waals surface area contributed by atoms with Crippen LogP contribution in [-0.4, -0.2) is 19.1 Å². The highest BCUT2D eigenvalue weighted by molar-refractivity contribution is 5.17. The standard InChI is InChI=1S/C14H24N2O/c1-2-15-11-14-12(8-10-17-14)5-3-4-9-16-13-6-7-13/h8,10,13,15-16H,2-7,9,11H2,1H3. The Morgan fingerprint density at radius 2 is 2.24 bits per heavy atom. The van der Waals surface area contributed by atoms with Crippen molar-refractivity contribution < 1.29 is 4.42 Å². The van der Waals surface area contributed by atoms with Crippen LogP contribution in [0.15, 0.2) is 16.7 Å². The Morgan fingerprint density at radius 3 is 3.00 bits per heavy atom. The van der Waals surface area contributed by atoms with E-state index < -0.39 is 0 Å². The first-order valence-electron chi connectivity index (χ1n) is 6.89. The lowest BCUT2D eigenvalue weighted by Crippen LogP contribution is -2.17. The van der Waals surface area contributed by atoms with Crippen molar-refractivity contribution in [3.05, 3.63) is 23.7 Å². The lowest BCUT2D eigenvalue weighted by molar-refractivity contribution is 0.481. The van der Waals surface area contributed by atoms with Crippen LogP contribution in [0.2, 0.25) is 0 Å². The number of hydrogen-bond acceptors (Lipinski definition) is 3. The van der Waals surface area contributed by atoms with Gasteiger partial charge in [0.05, 0.1) is 12.8 Å². The maximum absolute atomic E-state index is 5.49. The number of nitrogens with one attached hydrogen (secondary N) is 2. The minimum absolute atomic E-state index is 0.841. The SMILES string of the molecule is CCNCc1occc1CCCCNC1CC1. The molecule has 96 valence electrons. The fraction of sp³-hybridized carbons (Fsp3) is 0.714. The second-order valence-electron chi connectivity index (χ2n) is 4.83. The third-order valence-electron chi connectivity index (χ3n) is 3.26. The maximum atomic E-state index is 5.49. The van der Waals surface area contributed by atoms with Gasteiger partial charge in [-0.15, -0.1) is 0 Å². The van der Waals surface area contributed by atoms with E-state index in [2.05, 4.69) is 23.6 Å². The van der Waals surface area contributed by atoms with Gasteiger partial charge in [-0.05, 0) is 56.8 Å². The molecule has 0 bridgehead atoms. The Bertz CT molecular complexity index is 318. The van der Waals surface area contributed by atoms with E-state index in [1.54, 1.807) is 0 Å². The molecule has 1 aliphatic carbocycles. The zero-order valence-electron chi connectivity index (χ0n) is 10.8. The molecular weight excluding hydrogens is 212 g/mol. The Kier molecular flexibility index (Phi) is 5.08. The van der Waals surface area contributed by atoms with E-state index in [9.17, 15) is 0 Å². The van der Waals surface area contributed by atoms with Gasteiger partial charge in [-0.25, -0.2) is 0 Å². The van der Waals surface area contributed by atoms with E-state index in [4.69, 9.17) is 4.42 Å². The molecule has 3 heteroatoms. The van der Waals surface area contributed by atoms with Crippen molar-refractivity contribution in [3.8, 4) is 0 Å². The summed E-state index contributed by atoms with van der Waals surface area (Å²) in [7, 11) is 0. The smallest absolute Gasteiger partial charge is 0.120 e. The Balaban J connectivity index is 1.61. The first-order chi connectivity index (χ1) is 8.40. The predicted octanol–water partition coefficient (Wildman–Crippen LogP) is 2.46. The van der Waals surface area contributed by atoms with E-state index in [0.717, 1.165) is 31.3 Å². The highest BCUT2D eigenvalue weighted by Gasteiger charge is 2.19. The number of rotatable bonds is 9. The number of furan rings is 1. The predicted molar refractivity (Wildman–Crippen MR) is 70.1 cm³/mol.